The molecule has 0 spiro atoms. The first-order chi connectivity index (χ1) is 15.5. The van der Waals surface area contributed by atoms with Crippen molar-refractivity contribution in [1.82, 2.24) is 25.1 Å². The maximum Gasteiger partial charge on any atom is 0.142 e. The lowest BCUT2D eigenvalue weighted by molar-refractivity contribution is 0.343. The molecule has 1 fully saturated rings. The standard InChI is InChI=1S/C24H22Cl2FN5/c1-14(22-20(25)2-3-21(27)23(22)26)8-16-11-30-24-19(16)9-15(10-29-24)17-12-31-32(13-17)18-4-6-28-7-5-18/h2-3,8-13,18,28H,4-7H2,1H3,(H,29,30)/b14-8+. The van der Waals surface area contributed by atoms with Gasteiger partial charge in [-0.2, -0.15) is 5.10 Å². The third kappa shape index (κ3) is 3.94. The van der Waals surface area contributed by atoms with Gasteiger partial charge in [-0.3, -0.25) is 4.68 Å². The molecule has 5 nitrogen and oxygen atoms in total. The summed E-state index contributed by atoms with van der Waals surface area (Å²) in [6, 6.07) is 5.31. The number of hydrogen-bond acceptors (Lipinski definition) is 3. The molecule has 1 aliphatic heterocycles. The van der Waals surface area contributed by atoms with Crippen LogP contribution in [0.1, 0.15) is 36.9 Å². The van der Waals surface area contributed by atoms with Gasteiger partial charge in [0.2, 0.25) is 0 Å². The van der Waals surface area contributed by atoms with Crippen LogP contribution in [0.3, 0.4) is 0 Å². The zero-order chi connectivity index (χ0) is 22.2. The number of aromatic amines is 1. The summed E-state index contributed by atoms with van der Waals surface area (Å²) in [7, 11) is 0. The van der Waals surface area contributed by atoms with Gasteiger partial charge in [0.05, 0.1) is 17.3 Å². The molecule has 0 atom stereocenters. The van der Waals surface area contributed by atoms with E-state index in [-0.39, 0.29) is 5.02 Å². The van der Waals surface area contributed by atoms with E-state index in [1.165, 1.54) is 12.1 Å². The molecule has 0 bridgehead atoms. The Morgan fingerprint density at radius 3 is 2.81 bits per heavy atom. The fraction of sp³-hybridized carbons (Fsp3) is 0.250. The fourth-order valence-electron chi connectivity index (χ4n) is 4.25. The predicted octanol–water partition coefficient (Wildman–Crippen LogP) is 6.36. The second kappa shape index (κ2) is 8.70. The Balaban J connectivity index is 1.51. The zero-order valence-electron chi connectivity index (χ0n) is 17.5. The van der Waals surface area contributed by atoms with E-state index in [1.54, 1.807) is 0 Å². The van der Waals surface area contributed by atoms with E-state index in [4.69, 9.17) is 23.2 Å². The minimum absolute atomic E-state index is 0.0234. The highest BCUT2D eigenvalue weighted by molar-refractivity contribution is 6.38. The highest BCUT2D eigenvalue weighted by Crippen LogP contribution is 2.35. The van der Waals surface area contributed by atoms with Crippen molar-refractivity contribution in [2.24, 2.45) is 0 Å². The summed E-state index contributed by atoms with van der Waals surface area (Å²) in [5, 5.41) is 9.38. The van der Waals surface area contributed by atoms with Crippen LogP contribution in [-0.4, -0.2) is 32.8 Å². The number of fused-ring (bicyclic) bond motifs is 1. The monoisotopic (exact) mass is 469 g/mol. The summed E-state index contributed by atoms with van der Waals surface area (Å²) >= 11 is 12.5. The van der Waals surface area contributed by atoms with Gasteiger partial charge in [-0.05, 0) is 62.7 Å². The second-order valence-corrected chi connectivity index (χ2v) is 8.89. The van der Waals surface area contributed by atoms with Crippen LogP contribution in [0.4, 0.5) is 4.39 Å². The summed E-state index contributed by atoms with van der Waals surface area (Å²) in [6.45, 7) is 3.90. The molecule has 3 aromatic heterocycles. The number of nitrogens with one attached hydrogen (secondary N) is 2. The lowest BCUT2D eigenvalue weighted by Gasteiger charge is -2.22. The number of pyridine rings is 1. The van der Waals surface area contributed by atoms with Crippen LogP contribution < -0.4 is 5.32 Å². The Morgan fingerprint density at radius 1 is 1.19 bits per heavy atom. The number of H-pyrrole nitrogens is 1. The lowest BCUT2D eigenvalue weighted by atomic mass is 10.0. The van der Waals surface area contributed by atoms with Crippen LogP contribution in [0.25, 0.3) is 33.8 Å². The molecule has 2 N–H and O–H groups in total. The predicted molar refractivity (Wildman–Crippen MR) is 128 cm³/mol. The summed E-state index contributed by atoms with van der Waals surface area (Å²) in [4.78, 5) is 7.78. The first-order valence-electron chi connectivity index (χ1n) is 10.6. The summed E-state index contributed by atoms with van der Waals surface area (Å²) in [5.41, 5.74) is 4.98. The molecular weight excluding hydrogens is 448 g/mol. The number of rotatable bonds is 4. The molecule has 0 amide bonds. The third-order valence-corrected chi connectivity index (χ3v) is 6.68. The molecule has 4 aromatic rings. The van der Waals surface area contributed by atoms with Gasteiger partial charge in [0.1, 0.15) is 11.5 Å². The van der Waals surface area contributed by atoms with E-state index in [1.807, 2.05) is 31.6 Å². The first-order valence-corrected chi connectivity index (χ1v) is 11.3. The van der Waals surface area contributed by atoms with Crippen LogP contribution in [0.2, 0.25) is 10.0 Å². The largest absolute Gasteiger partial charge is 0.346 e. The molecule has 1 aliphatic rings. The van der Waals surface area contributed by atoms with Crippen LogP contribution in [0, 0.1) is 5.82 Å². The van der Waals surface area contributed by atoms with Crippen LogP contribution in [0.15, 0.2) is 43.0 Å². The van der Waals surface area contributed by atoms with Crippen LogP contribution >= 0.6 is 23.2 Å². The van der Waals surface area contributed by atoms with Gasteiger partial charge < -0.3 is 10.3 Å². The summed E-state index contributed by atoms with van der Waals surface area (Å²) in [6.07, 6.45) is 11.8. The molecule has 0 aliphatic carbocycles. The van der Waals surface area contributed by atoms with E-state index in [0.717, 1.165) is 59.2 Å². The molecular formula is C24H22Cl2FN5. The van der Waals surface area contributed by atoms with Crippen molar-refractivity contribution in [3.05, 3.63) is 70.0 Å². The minimum Gasteiger partial charge on any atom is -0.346 e. The molecule has 5 rings (SSSR count). The molecule has 1 aromatic carbocycles. The van der Waals surface area contributed by atoms with Crippen molar-refractivity contribution >= 4 is 45.9 Å². The Morgan fingerprint density at radius 2 is 2.00 bits per heavy atom. The number of aromatic nitrogens is 4. The SMILES string of the molecule is C/C(=C\c1c[nH]c2ncc(-c3cnn(C4CCNCC4)c3)cc12)c1c(Cl)ccc(F)c1Cl. The topological polar surface area (TPSA) is 58.5 Å². The summed E-state index contributed by atoms with van der Waals surface area (Å²) < 4.78 is 16.0. The Hall–Kier alpha value is -2.67. The third-order valence-electron chi connectivity index (χ3n) is 5.99. The number of allylic oxidation sites excluding steroid dienone is 1. The lowest BCUT2D eigenvalue weighted by Crippen LogP contribution is -2.29. The molecule has 0 saturated carbocycles. The number of nitrogens with zero attached hydrogens (tertiary/aromatic N) is 3. The highest BCUT2D eigenvalue weighted by atomic mass is 35.5. The molecule has 164 valence electrons. The van der Waals surface area contributed by atoms with Gasteiger partial charge in [0.25, 0.3) is 0 Å². The van der Waals surface area contributed by atoms with Crippen molar-refractivity contribution < 1.29 is 4.39 Å². The van der Waals surface area contributed by atoms with Gasteiger partial charge in [-0.1, -0.05) is 23.2 Å². The number of hydrogen-bond donors (Lipinski definition) is 2. The average molecular weight is 470 g/mol. The van der Waals surface area contributed by atoms with Gasteiger partial charge in [0, 0.05) is 51.3 Å². The van der Waals surface area contributed by atoms with Gasteiger partial charge in [0.15, 0.2) is 0 Å². The van der Waals surface area contributed by atoms with E-state index >= 15 is 0 Å². The van der Waals surface area contributed by atoms with E-state index in [9.17, 15) is 4.39 Å². The van der Waals surface area contributed by atoms with Crippen LogP contribution in [0.5, 0.6) is 0 Å². The average Bonchev–Trinajstić information content (AvgIpc) is 3.45. The maximum absolute atomic E-state index is 14.0. The normalized spacial score (nSPS) is 15.6. The van der Waals surface area contributed by atoms with E-state index < -0.39 is 5.82 Å². The molecule has 0 radical (unpaired) electrons. The number of halogens is 3. The Kier molecular flexibility index (Phi) is 5.76. The molecule has 4 heterocycles. The first kappa shape index (κ1) is 21.2. The second-order valence-electron chi connectivity index (χ2n) is 8.10. The quantitative estimate of drug-likeness (QED) is 0.342. The van der Waals surface area contributed by atoms with Crippen molar-refractivity contribution in [2.75, 3.05) is 13.1 Å². The summed E-state index contributed by atoms with van der Waals surface area (Å²) in [5.74, 6) is -0.493. The van der Waals surface area contributed by atoms with E-state index in [0.29, 0.717) is 16.6 Å². The van der Waals surface area contributed by atoms with Crippen molar-refractivity contribution in [2.45, 2.75) is 25.8 Å². The Bertz CT molecular complexity index is 1320. The van der Waals surface area contributed by atoms with Crippen molar-refractivity contribution in [1.29, 1.82) is 0 Å². The maximum atomic E-state index is 14.0. The van der Waals surface area contributed by atoms with E-state index in [2.05, 4.69) is 37.3 Å². The molecule has 1 saturated heterocycles. The van der Waals surface area contributed by atoms with Crippen molar-refractivity contribution in [3.63, 3.8) is 0 Å². The minimum atomic E-state index is -0.493. The van der Waals surface area contributed by atoms with Crippen molar-refractivity contribution in [3.8, 4) is 11.1 Å². The zero-order valence-corrected chi connectivity index (χ0v) is 19.0. The Labute approximate surface area is 195 Å². The van der Waals surface area contributed by atoms with Gasteiger partial charge >= 0.3 is 0 Å². The highest BCUT2D eigenvalue weighted by Gasteiger charge is 2.17. The number of benzene rings is 1. The molecule has 8 heteroatoms. The molecule has 0 unspecified atom stereocenters. The smallest absolute Gasteiger partial charge is 0.142 e. The van der Waals surface area contributed by atoms with Crippen LogP contribution in [-0.2, 0) is 0 Å². The molecule has 32 heavy (non-hydrogen) atoms. The van der Waals surface area contributed by atoms with Gasteiger partial charge in [-0.15, -0.1) is 0 Å². The fourth-order valence-corrected chi connectivity index (χ4v) is 4.92. The van der Waals surface area contributed by atoms with Gasteiger partial charge in [-0.25, -0.2) is 9.37 Å². The number of piperidine rings is 1.